The maximum atomic E-state index is 10.9. The Bertz CT molecular complexity index is 401. The molecule has 0 saturated heterocycles. The van der Waals surface area contributed by atoms with E-state index in [0.29, 0.717) is 6.41 Å². The SMILES string of the molecule is Cc1ccc(C)c(N(C=O)CCC(=O)O)c1. The molecule has 1 aromatic rings. The van der Waals surface area contributed by atoms with Crippen molar-refractivity contribution in [1.29, 1.82) is 0 Å². The number of hydrogen-bond acceptors (Lipinski definition) is 2. The number of hydrogen-bond donors (Lipinski definition) is 1. The minimum absolute atomic E-state index is 0.0495. The highest BCUT2D eigenvalue weighted by Gasteiger charge is 2.10. The Morgan fingerprint density at radius 1 is 1.44 bits per heavy atom. The quantitative estimate of drug-likeness (QED) is 0.770. The molecule has 0 aromatic heterocycles. The van der Waals surface area contributed by atoms with Crippen LogP contribution in [0.25, 0.3) is 0 Å². The van der Waals surface area contributed by atoms with Gasteiger partial charge in [0.25, 0.3) is 0 Å². The van der Waals surface area contributed by atoms with Gasteiger partial charge < -0.3 is 10.0 Å². The van der Waals surface area contributed by atoms with Crippen LogP contribution in [0.3, 0.4) is 0 Å². The minimum Gasteiger partial charge on any atom is -0.481 e. The van der Waals surface area contributed by atoms with Crippen molar-refractivity contribution in [2.24, 2.45) is 0 Å². The number of carboxylic acids is 1. The van der Waals surface area contributed by atoms with Gasteiger partial charge in [0.15, 0.2) is 0 Å². The summed E-state index contributed by atoms with van der Waals surface area (Å²) in [5, 5.41) is 8.59. The summed E-state index contributed by atoms with van der Waals surface area (Å²) in [5.41, 5.74) is 2.78. The van der Waals surface area contributed by atoms with Gasteiger partial charge in [0.05, 0.1) is 6.42 Å². The highest BCUT2D eigenvalue weighted by molar-refractivity contribution is 5.78. The van der Waals surface area contributed by atoms with Gasteiger partial charge in [0, 0.05) is 12.2 Å². The fraction of sp³-hybridized carbons (Fsp3) is 0.333. The average molecular weight is 221 g/mol. The fourth-order valence-electron chi connectivity index (χ4n) is 1.47. The van der Waals surface area contributed by atoms with Crippen molar-refractivity contribution in [3.8, 4) is 0 Å². The molecule has 0 atom stereocenters. The van der Waals surface area contributed by atoms with Gasteiger partial charge in [-0.05, 0) is 31.0 Å². The molecule has 0 radical (unpaired) electrons. The zero-order chi connectivity index (χ0) is 12.1. The summed E-state index contributed by atoms with van der Waals surface area (Å²) >= 11 is 0. The zero-order valence-corrected chi connectivity index (χ0v) is 9.43. The molecule has 1 amide bonds. The molecule has 0 aliphatic heterocycles. The lowest BCUT2D eigenvalue weighted by Crippen LogP contribution is -2.25. The zero-order valence-electron chi connectivity index (χ0n) is 9.43. The minimum atomic E-state index is -0.905. The van der Waals surface area contributed by atoms with E-state index in [-0.39, 0.29) is 13.0 Å². The second kappa shape index (κ2) is 5.30. The van der Waals surface area contributed by atoms with Gasteiger partial charge in [-0.1, -0.05) is 12.1 Å². The monoisotopic (exact) mass is 221 g/mol. The van der Waals surface area contributed by atoms with Gasteiger partial charge >= 0.3 is 5.97 Å². The highest BCUT2D eigenvalue weighted by atomic mass is 16.4. The number of aliphatic carboxylic acids is 1. The first kappa shape index (κ1) is 12.2. The topological polar surface area (TPSA) is 57.6 Å². The van der Waals surface area contributed by atoms with E-state index in [4.69, 9.17) is 5.11 Å². The van der Waals surface area contributed by atoms with E-state index < -0.39 is 5.97 Å². The number of carbonyl (C=O) groups excluding carboxylic acids is 1. The number of anilines is 1. The first-order valence-electron chi connectivity index (χ1n) is 5.05. The molecule has 0 heterocycles. The summed E-state index contributed by atoms with van der Waals surface area (Å²) in [6.45, 7) is 4.03. The molecule has 4 nitrogen and oxygen atoms in total. The summed E-state index contributed by atoms with van der Waals surface area (Å²) < 4.78 is 0. The van der Waals surface area contributed by atoms with E-state index in [9.17, 15) is 9.59 Å². The molecule has 0 unspecified atom stereocenters. The molecule has 0 fully saturated rings. The number of amides is 1. The lowest BCUT2D eigenvalue weighted by molar-refractivity contribution is -0.136. The van der Waals surface area contributed by atoms with Crippen molar-refractivity contribution < 1.29 is 14.7 Å². The lowest BCUT2D eigenvalue weighted by atomic mass is 10.1. The molecule has 1 aromatic carbocycles. The average Bonchev–Trinajstić information content (AvgIpc) is 2.23. The van der Waals surface area contributed by atoms with Gasteiger partial charge in [-0.15, -0.1) is 0 Å². The molecule has 0 aliphatic rings. The molecule has 16 heavy (non-hydrogen) atoms. The number of carbonyl (C=O) groups is 2. The van der Waals surface area contributed by atoms with E-state index in [1.54, 1.807) is 0 Å². The molecule has 0 aliphatic carbocycles. The Labute approximate surface area is 94.5 Å². The Balaban J connectivity index is 2.89. The molecule has 4 heteroatoms. The van der Waals surface area contributed by atoms with E-state index in [0.717, 1.165) is 16.8 Å². The summed E-state index contributed by atoms with van der Waals surface area (Å²) in [7, 11) is 0. The van der Waals surface area contributed by atoms with Gasteiger partial charge in [0.1, 0.15) is 0 Å². The van der Waals surface area contributed by atoms with Gasteiger partial charge in [-0.25, -0.2) is 0 Å². The first-order chi connectivity index (χ1) is 7.54. The summed E-state index contributed by atoms with van der Waals surface area (Å²) in [6.07, 6.45) is 0.622. The van der Waals surface area contributed by atoms with Crippen LogP contribution in [0.2, 0.25) is 0 Å². The largest absolute Gasteiger partial charge is 0.481 e. The third-order valence-corrected chi connectivity index (χ3v) is 2.37. The van der Waals surface area contributed by atoms with Crippen LogP contribution < -0.4 is 4.90 Å². The van der Waals surface area contributed by atoms with Crippen LogP contribution in [0.15, 0.2) is 18.2 Å². The third kappa shape index (κ3) is 3.08. The number of rotatable bonds is 5. The normalized spacial score (nSPS) is 9.88. The predicted molar refractivity (Wildman–Crippen MR) is 61.6 cm³/mol. The summed E-state index contributed by atoms with van der Waals surface area (Å²) in [4.78, 5) is 22.8. The Kier molecular flexibility index (Phi) is 4.05. The molecule has 86 valence electrons. The smallest absolute Gasteiger partial charge is 0.305 e. The standard InChI is InChI=1S/C12H15NO3/c1-9-3-4-10(2)11(7-9)13(8-14)6-5-12(15)16/h3-4,7-8H,5-6H2,1-2H3,(H,15,16). The molecule has 1 N–H and O–H groups in total. The van der Waals surface area contributed by atoms with Crippen LogP contribution in [0, 0.1) is 13.8 Å². The van der Waals surface area contributed by atoms with Crippen LogP contribution in [-0.2, 0) is 9.59 Å². The number of carboxylic acid groups (broad SMARTS) is 1. The molecule has 0 bridgehead atoms. The van der Waals surface area contributed by atoms with Crippen LogP contribution in [-0.4, -0.2) is 24.0 Å². The second-order valence-electron chi connectivity index (χ2n) is 3.73. The molecule has 0 saturated carbocycles. The maximum Gasteiger partial charge on any atom is 0.305 e. The van der Waals surface area contributed by atoms with Crippen LogP contribution in [0.4, 0.5) is 5.69 Å². The fourth-order valence-corrected chi connectivity index (χ4v) is 1.47. The van der Waals surface area contributed by atoms with Crippen molar-refractivity contribution in [1.82, 2.24) is 0 Å². The lowest BCUT2D eigenvalue weighted by Gasteiger charge is -2.19. The second-order valence-corrected chi connectivity index (χ2v) is 3.73. The van der Waals surface area contributed by atoms with E-state index in [1.165, 1.54) is 4.90 Å². The Morgan fingerprint density at radius 2 is 2.12 bits per heavy atom. The summed E-state index contributed by atoms with van der Waals surface area (Å²) in [5.74, 6) is -0.905. The predicted octanol–water partition coefficient (Wildman–Crippen LogP) is 1.74. The molecular weight excluding hydrogens is 206 g/mol. The van der Waals surface area contributed by atoms with Crippen LogP contribution >= 0.6 is 0 Å². The van der Waals surface area contributed by atoms with Crippen molar-refractivity contribution in [2.75, 3.05) is 11.4 Å². The van der Waals surface area contributed by atoms with Gasteiger partial charge in [-0.3, -0.25) is 9.59 Å². The van der Waals surface area contributed by atoms with Crippen molar-refractivity contribution in [2.45, 2.75) is 20.3 Å². The summed E-state index contributed by atoms with van der Waals surface area (Å²) in [6, 6.07) is 5.76. The maximum absolute atomic E-state index is 10.9. The van der Waals surface area contributed by atoms with E-state index >= 15 is 0 Å². The molecular formula is C12H15NO3. The van der Waals surface area contributed by atoms with Crippen molar-refractivity contribution in [3.63, 3.8) is 0 Å². The van der Waals surface area contributed by atoms with E-state index in [1.807, 2.05) is 32.0 Å². The van der Waals surface area contributed by atoms with E-state index in [2.05, 4.69) is 0 Å². The van der Waals surface area contributed by atoms with Crippen molar-refractivity contribution in [3.05, 3.63) is 29.3 Å². The van der Waals surface area contributed by atoms with Gasteiger partial charge in [-0.2, -0.15) is 0 Å². The third-order valence-electron chi connectivity index (χ3n) is 2.37. The highest BCUT2D eigenvalue weighted by Crippen LogP contribution is 2.20. The molecule has 1 rings (SSSR count). The Morgan fingerprint density at radius 3 is 2.69 bits per heavy atom. The number of nitrogens with zero attached hydrogens (tertiary/aromatic N) is 1. The van der Waals surface area contributed by atoms with Crippen LogP contribution in [0.1, 0.15) is 17.5 Å². The van der Waals surface area contributed by atoms with Crippen LogP contribution in [0.5, 0.6) is 0 Å². The number of aryl methyl sites for hydroxylation is 2. The van der Waals surface area contributed by atoms with Gasteiger partial charge in [0.2, 0.25) is 6.41 Å². The van der Waals surface area contributed by atoms with Crippen molar-refractivity contribution >= 4 is 18.1 Å². The molecule has 0 spiro atoms. The Hall–Kier alpha value is -1.84. The first-order valence-corrected chi connectivity index (χ1v) is 5.05. The number of benzene rings is 1.